The highest BCUT2D eigenvalue weighted by molar-refractivity contribution is 6.31. The molecule has 0 fully saturated rings. The van der Waals surface area contributed by atoms with Gasteiger partial charge in [-0.25, -0.2) is 19.9 Å². The molecule has 0 saturated heterocycles. The van der Waals surface area contributed by atoms with Crippen LogP contribution in [0.4, 0.5) is 0 Å². The standard InChI is InChI=1S/C11H14N2O.C11H14N2.C10H11ClN2.C10H12N2/c1-4-13-8(2)12-10-6-5-9(14-3)7-11(10)13;1-4-13-9(3)12-10-6-5-8(2)7-11(10)13;1-3-13-7(2)12-9-5-4-8(11)6-10(9)13;1-3-12-8(2)11-9-6-4-5-7-10(9)12/h5-7H,4H2,1-3H3;5-7H,4H2,1-3H3;4-6H,3H2,1-2H3;4-7H,3H2,1-2H3. The summed E-state index contributed by atoms with van der Waals surface area (Å²) in [5.74, 6) is 5.17. The van der Waals surface area contributed by atoms with Crippen LogP contribution in [0.3, 0.4) is 0 Å². The Kier molecular flexibility index (Phi) is 12.4. The van der Waals surface area contributed by atoms with Gasteiger partial charge in [0, 0.05) is 37.3 Å². The molecule has 0 amide bonds. The van der Waals surface area contributed by atoms with Crippen LogP contribution in [0, 0.1) is 34.6 Å². The van der Waals surface area contributed by atoms with Gasteiger partial charge >= 0.3 is 0 Å². The van der Waals surface area contributed by atoms with Crippen LogP contribution < -0.4 is 4.74 Å². The molecule has 272 valence electrons. The van der Waals surface area contributed by atoms with Crippen molar-refractivity contribution in [2.45, 2.75) is 88.5 Å². The molecule has 0 N–H and O–H groups in total. The number of aromatic nitrogens is 8. The van der Waals surface area contributed by atoms with E-state index in [9.17, 15) is 0 Å². The maximum Gasteiger partial charge on any atom is 0.121 e. The van der Waals surface area contributed by atoms with Crippen LogP contribution in [0.25, 0.3) is 44.1 Å². The highest BCUT2D eigenvalue weighted by Crippen LogP contribution is 2.22. The van der Waals surface area contributed by atoms with Crippen LogP contribution in [0.15, 0.2) is 78.9 Å². The first kappa shape index (κ1) is 38.1. The number of nitrogens with zero attached hydrogens (tertiary/aromatic N) is 8. The van der Waals surface area contributed by atoms with Gasteiger partial charge in [-0.1, -0.05) is 29.8 Å². The lowest BCUT2D eigenvalue weighted by atomic mass is 10.2. The number of halogens is 1. The summed E-state index contributed by atoms with van der Waals surface area (Å²) in [4.78, 5) is 17.8. The van der Waals surface area contributed by atoms with E-state index in [0.717, 1.165) is 93.3 Å². The van der Waals surface area contributed by atoms with E-state index in [2.05, 4.69) is 116 Å². The average molecular weight is 719 g/mol. The molecular weight excluding hydrogens is 668 g/mol. The molecule has 0 radical (unpaired) electrons. The van der Waals surface area contributed by atoms with Gasteiger partial charge in [-0.15, -0.1) is 0 Å². The minimum absolute atomic E-state index is 0.766. The highest BCUT2D eigenvalue weighted by atomic mass is 35.5. The molecule has 4 aromatic carbocycles. The van der Waals surface area contributed by atoms with Crippen molar-refractivity contribution in [3.05, 3.63) is 113 Å². The second-order valence-electron chi connectivity index (χ2n) is 12.6. The lowest BCUT2D eigenvalue weighted by Crippen LogP contribution is -1.96. The molecule has 4 heterocycles. The molecule has 8 aromatic rings. The van der Waals surface area contributed by atoms with E-state index in [1.165, 1.54) is 16.6 Å². The number of hydrogen-bond donors (Lipinski definition) is 0. The summed E-state index contributed by atoms with van der Waals surface area (Å²) in [5.41, 5.74) is 10.3. The summed E-state index contributed by atoms with van der Waals surface area (Å²) in [6.07, 6.45) is 0. The number of ether oxygens (including phenoxy) is 1. The molecule has 0 aliphatic heterocycles. The molecule has 0 spiro atoms. The molecule has 0 atom stereocenters. The van der Waals surface area contributed by atoms with E-state index in [4.69, 9.17) is 16.3 Å². The zero-order valence-corrected chi connectivity index (χ0v) is 33.0. The Balaban J connectivity index is 0.000000134. The van der Waals surface area contributed by atoms with Crippen LogP contribution in [0.1, 0.15) is 56.6 Å². The first-order valence-corrected chi connectivity index (χ1v) is 18.4. The molecule has 0 aliphatic rings. The second-order valence-corrected chi connectivity index (χ2v) is 13.0. The van der Waals surface area contributed by atoms with Crippen molar-refractivity contribution in [1.82, 2.24) is 38.2 Å². The Hall–Kier alpha value is -5.15. The van der Waals surface area contributed by atoms with Crippen LogP contribution in [-0.4, -0.2) is 45.3 Å². The molecule has 8 rings (SSSR count). The predicted molar refractivity (Wildman–Crippen MR) is 217 cm³/mol. The first-order valence-electron chi connectivity index (χ1n) is 18.0. The van der Waals surface area contributed by atoms with Crippen molar-refractivity contribution in [1.29, 1.82) is 0 Å². The molecular formula is C42H51ClN8O. The van der Waals surface area contributed by atoms with Crippen LogP contribution in [-0.2, 0) is 26.2 Å². The Morgan fingerprint density at radius 2 is 0.885 bits per heavy atom. The number of methoxy groups -OCH3 is 1. The molecule has 10 heteroatoms. The summed E-state index contributed by atoms with van der Waals surface area (Å²) >= 11 is 5.92. The van der Waals surface area contributed by atoms with Gasteiger partial charge in [-0.3, -0.25) is 0 Å². The van der Waals surface area contributed by atoms with Crippen LogP contribution >= 0.6 is 11.6 Å². The quantitative estimate of drug-likeness (QED) is 0.177. The lowest BCUT2D eigenvalue weighted by molar-refractivity contribution is 0.415. The predicted octanol–water partition coefficient (Wildman–Crippen LogP) is 10.4. The number of para-hydroxylation sites is 2. The Bertz CT molecular complexity index is 2340. The van der Waals surface area contributed by atoms with E-state index < -0.39 is 0 Å². The van der Waals surface area contributed by atoms with Crippen molar-refractivity contribution in [2.75, 3.05) is 7.11 Å². The number of aryl methyl sites for hydroxylation is 9. The number of rotatable bonds is 5. The van der Waals surface area contributed by atoms with Crippen molar-refractivity contribution in [3.8, 4) is 5.75 Å². The van der Waals surface area contributed by atoms with Crippen LogP contribution in [0.2, 0.25) is 5.02 Å². The zero-order valence-electron chi connectivity index (χ0n) is 32.2. The highest BCUT2D eigenvalue weighted by Gasteiger charge is 2.08. The summed E-state index contributed by atoms with van der Waals surface area (Å²) in [6.45, 7) is 22.6. The minimum Gasteiger partial charge on any atom is -0.497 e. The van der Waals surface area contributed by atoms with E-state index in [0.29, 0.717) is 0 Å². The topological polar surface area (TPSA) is 80.5 Å². The monoisotopic (exact) mass is 718 g/mol. The number of benzene rings is 4. The third-order valence-corrected chi connectivity index (χ3v) is 9.49. The Morgan fingerprint density at radius 3 is 1.38 bits per heavy atom. The van der Waals surface area contributed by atoms with Crippen LogP contribution in [0.5, 0.6) is 5.75 Å². The van der Waals surface area contributed by atoms with Gasteiger partial charge in [0.1, 0.15) is 29.0 Å². The van der Waals surface area contributed by atoms with Gasteiger partial charge < -0.3 is 23.0 Å². The third-order valence-electron chi connectivity index (χ3n) is 9.25. The fourth-order valence-corrected chi connectivity index (χ4v) is 6.88. The molecule has 52 heavy (non-hydrogen) atoms. The third kappa shape index (κ3) is 8.15. The van der Waals surface area contributed by atoms with Gasteiger partial charge in [0.25, 0.3) is 0 Å². The molecule has 0 unspecified atom stereocenters. The van der Waals surface area contributed by atoms with Crippen molar-refractivity contribution >= 4 is 55.7 Å². The minimum atomic E-state index is 0.766. The van der Waals surface area contributed by atoms with Crippen molar-refractivity contribution in [3.63, 3.8) is 0 Å². The van der Waals surface area contributed by atoms with E-state index in [-0.39, 0.29) is 0 Å². The largest absolute Gasteiger partial charge is 0.497 e. The number of fused-ring (bicyclic) bond motifs is 4. The van der Waals surface area contributed by atoms with E-state index in [1.807, 2.05) is 63.2 Å². The Morgan fingerprint density at radius 1 is 0.481 bits per heavy atom. The second kappa shape index (κ2) is 16.9. The fraction of sp³-hybridized carbons (Fsp3) is 0.333. The maximum absolute atomic E-state index is 5.92. The summed E-state index contributed by atoms with van der Waals surface area (Å²) in [7, 11) is 1.68. The van der Waals surface area contributed by atoms with E-state index >= 15 is 0 Å². The summed E-state index contributed by atoms with van der Waals surface area (Å²) in [5, 5.41) is 0.766. The first-order chi connectivity index (χ1) is 25.0. The SMILES string of the molecule is CCn1c(C)nc2ccc(C)cc21.CCn1c(C)nc2ccc(Cl)cc21.CCn1c(C)nc2ccc(OC)cc21.CCn1c(C)nc2ccccc21. The molecule has 9 nitrogen and oxygen atoms in total. The van der Waals surface area contributed by atoms with Gasteiger partial charge in [-0.05, 0) is 122 Å². The molecule has 0 aliphatic carbocycles. The average Bonchev–Trinajstić information content (AvgIpc) is 3.85. The summed E-state index contributed by atoms with van der Waals surface area (Å²) in [6, 6.07) is 26.4. The molecule has 0 bridgehead atoms. The summed E-state index contributed by atoms with van der Waals surface area (Å²) < 4.78 is 14.0. The van der Waals surface area contributed by atoms with Crippen molar-refractivity contribution < 1.29 is 4.74 Å². The van der Waals surface area contributed by atoms with Gasteiger partial charge in [-0.2, -0.15) is 0 Å². The van der Waals surface area contributed by atoms with E-state index in [1.54, 1.807) is 7.11 Å². The zero-order chi connectivity index (χ0) is 37.5. The number of hydrogen-bond acceptors (Lipinski definition) is 5. The van der Waals surface area contributed by atoms with Gasteiger partial charge in [0.15, 0.2) is 0 Å². The molecule has 4 aromatic heterocycles. The molecule has 0 saturated carbocycles. The Labute approximate surface area is 311 Å². The van der Waals surface area contributed by atoms with Gasteiger partial charge in [0.05, 0.1) is 51.2 Å². The van der Waals surface area contributed by atoms with Gasteiger partial charge in [0.2, 0.25) is 0 Å². The smallest absolute Gasteiger partial charge is 0.121 e. The number of imidazole rings is 4. The maximum atomic E-state index is 5.92. The van der Waals surface area contributed by atoms with Crippen molar-refractivity contribution in [2.24, 2.45) is 0 Å². The lowest BCUT2D eigenvalue weighted by Gasteiger charge is -2.03. The fourth-order valence-electron chi connectivity index (χ4n) is 6.71. The normalized spacial score (nSPS) is 10.9.